The molecule has 134 valence electrons. The molecule has 0 rings (SSSR count). The molecule has 0 aromatic heterocycles. The van der Waals surface area contributed by atoms with Gasteiger partial charge in [-0.3, -0.25) is 9.59 Å². The fourth-order valence-electron chi connectivity index (χ4n) is 2.38. The molecule has 0 aliphatic rings. The van der Waals surface area contributed by atoms with Gasteiger partial charge < -0.3 is 21.7 Å². The van der Waals surface area contributed by atoms with Crippen molar-refractivity contribution in [3.63, 3.8) is 0 Å². The first-order valence-corrected chi connectivity index (χ1v) is 8.30. The molecule has 0 aliphatic carbocycles. The summed E-state index contributed by atoms with van der Waals surface area (Å²) >= 11 is 0. The number of likely N-dealkylation sites (N-methyl/N-ethyl adjacent to an activating group) is 3. The van der Waals surface area contributed by atoms with Gasteiger partial charge in [-0.2, -0.15) is 0 Å². The molecule has 0 saturated carbocycles. The zero-order valence-corrected chi connectivity index (χ0v) is 15.3. The Morgan fingerprint density at radius 3 is 1.70 bits per heavy atom. The van der Waals surface area contributed by atoms with Gasteiger partial charge in [-0.15, -0.1) is 0 Å². The van der Waals surface area contributed by atoms with Crippen molar-refractivity contribution >= 4 is 11.8 Å². The van der Waals surface area contributed by atoms with Crippen LogP contribution in [-0.2, 0) is 9.59 Å². The third-order valence-electron chi connectivity index (χ3n) is 4.64. The highest BCUT2D eigenvalue weighted by Gasteiger charge is 2.29. The summed E-state index contributed by atoms with van der Waals surface area (Å²) in [6.45, 7) is 3.74. The van der Waals surface area contributed by atoms with Gasteiger partial charge in [-0.1, -0.05) is 12.2 Å². The van der Waals surface area contributed by atoms with Crippen LogP contribution in [0, 0.1) is 0 Å². The molecule has 6 nitrogen and oxygen atoms in total. The smallest absolute Gasteiger partial charge is 0.239 e. The fourth-order valence-corrected chi connectivity index (χ4v) is 2.38. The molecule has 0 radical (unpaired) electrons. The van der Waals surface area contributed by atoms with Crippen LogP contribution < -0.4 is 21.7 Å². The van der Waals surface area contributed by atoms with E-state index in [1.54, 1.807) is 14.1 Å². The number of amides is 2. The number of primary amides is 1. The summed E-state index contributed by atoms with van der Waals surface area (Å²) < 4.78 is 0. The lowest BCUT2D eigenvalue weighted by Gasteiger charge is -2.26. The molecule has 0 fully saturated rings. The van der Waals surface area contributed by atoms with Gasteiger partial charge in [0.1, 0.15) is 0 Å². The summed E-state index contributed by atoms with van der Waals surface area (Å²) in [6.07, 6.45) is 9.48. The van der Waals surface area contributed by atoms with E-state index in [-0.39, 0.29) is 11.8 Å². The number of rotatable bonds is 12. The second-order valence-corrected chi connectivity index (χ2v) is 6.36. The third-order valence-corrected chi connectivity index (χ3v) is 4.64. The SMILES string of the molecule is CNC(=O)[C@](C)(CCC/C=C/CCC[C@](C)(NC)C(N)=O)NC. The number of unbranched alkanes of at least 4 members (excludes halogenated alkanes) is 2. The van der Waals surface area contributed by atoms with Crippen LogP contribution in [0.5, 0.6) is 0 Å². The van der Waals surface area contributed by atoms with E-state index in [0.717, 1.165) is 38.5 Å². The molecule has 2 amide bonds. The number of carbonyl (C=O) groups is 2. The van der Waals surface area contributed by atoms with Gasteiger partial charge in [0.15, 0.2) is 0 Å². The first-order valence-electron chi connectivity index (χ1n) is 8.30. The highest BCUT2D eigenvalue weighted by Crippen LogP contribution is 2.15. The predicted molar refractivity (Wildman–Crippen MR) is 95.0 cm³/mol. The molecule has 0 bridgehead atoms. The van der Waals surface area contributed by atoms with Crippen LogP contribution in [0.4, 0.5) is 0 Å². The topological polar surface area (TPSA) is 96.2 Å². The van der Waals surface area contributed by atoms with Gasteiger partial charge in [-0.25, -0.2) is 0 Å². The van der Waals surface area contributed by atoms with E-state index in [1.807, 2.05) is 20.9 Å². The monoisotopic (exact) mass is 326 g/mol. The van der Waals surface area contributed by atoms with Crippen LogP contribution in [-0.4, -0.2) is 44.0 Å². The minimum absolute atomic E-state index is 0.0155. The minimum atomic E-state index is -0.629. The van der Waals surface area contributed by atoms with Crippen LogP contribution in [0.2, 0.25) is 0 Å². The second-order valence-electron chi connectivity index (χ2n) is 6.36. The largest absolute Gasteiger partial charge is 0.368 e. The summed E-state index contributed by atoms with van der Waals surface area (Å²) in [4.78, 5) is 23.2. The van der Waals surface area contributed by atoms with Gasteiger partial charge in [0.2, 0.25) is 11.8 Å². The zero-order valence-electron chi connectivity index (χ0n) is 15.3. The maximum absolute atomic E-state index is 11.8. The Bertz CT molecular complexity index is 411. The lowest BCUT2D eigenvalue weighted by molar-refractivity contribution is -0.126. The molecule has 0 spiro atoms. The molecule has 0 unspecified atom stereocenters. The van der Waals surface area contributed by atoms with Crippen molar-refractivity contribution in [1.29, 1.82) is 0 Å². The number of nitrogens with one attached hydrogen (secondary N) is 3. The number of hydrogen-bond acceptors (Lipinski definition) is 4. The number of allylic oxidation sites excluding steroid dienone is 2. The fraction of sp³-hybridized carbons (Fsp3) is 0.765. The van der Waals surface area contributed by atoms with Gasteiger partial charge >= 0.3 is 0 Å². The average Bonchev–Trinajstić information content (AvgIpc) is 2.55. The first kappa shape index (κ1) is 21.6. The van der Waals surface area contributed by atoms with E-state index < -0.39 is 11.1 Å². The molecule has 0 aliphatic heterocycles. The average molecular weight is 326 g/mol. The normalized spacial score (nSPS) is 16.7. The van der Waals surface area contributed by atoms with Crippen LogP contribution >= 0.6 is 0 Å². The summed E-state index contributed by atoms with van der Waals surface area (Å²) in [5.74, 6) is -0.300. The van der Waals surface area contributed by atoms with Crippen LogP contribution in [0.3, 0.4) is 0 Å². The number of nitrogens with two attached hydrogens (primary N) is 1. The summed E-state index contributed by atoms with van der Waals surface area (Å²) in [7, 11) is 5.22. The van der Waals surface area contributed by atoms with E-state index in [1.165, 1.54) is 0 Å². The van der Waals surface area contributed by atoms with Crippen molar-refractivity contribution in [2.24, 2.45) is 5.73 Å². The molecule has 0 aromatic rings. The third kappa shape index (κ3) is 7.14. The molecule has 0 saturated heterocycles. The zero-order chi connectivity index (χ0) is 17.9. The van der Waals surface area contributed by atoms with Crippen LogP contribution in [0.25, 0.3) is 0 Å². The molecular weight excluding hydrogens is 292 g/mol. The van der Waals surface area contributed by atoms with E-state index in [2.05, 4.69) is 28.1 Å². The summed E-state index contributed by atoms with van der Waals surface area (Å²) in [6, 6.07) is 0. The molecule has 5 N–H and O–H groups in total. The maximum atomic E-state index is 11.8. The Hall–Kier alpha value is -1.40. The molecular formula is C17H34N4O2. The maximum Gasteiger partial charge on any atom is 0.239 e. The van der Waals surface area contributed by atoms with E-state index >= 15 is 0 Å². The van der Waals surface area contributed by atoms with Gasteiger partial charge in [0, 0.05) is 7.05 Å². The van der Waals surface area contributed by atoms with E-state index in [0.29, 0.717) is 0 Å². The minimum Gasteiger partial charge on any atom is -0.368 e. The second kappa shape index (κ2) is 10.4. The highest BCUT2D eigenvalue weighted by molar-refractivity contribution is 5.85. The number of carbonyl (C=O) groups excluding carboxylic acids is 2. The van der Waals surface area contributed by atoms with Crippen molar-refractivity contribution in [3.8, 4) is 0 Å². The predicted octanol–water partition coefficient (Wildman–Crippen LogP) is 1.07. The molecule has 0 aromatic carbocycles. The lowest BCUT2D eigenvalue weighted by atomic mass is 9.93. The Morgan fingerprint density at radius 2 is 1.35 bits per heavy atom. The van der Waals surface area contributed by atoms with Crippen molar-refractivity contribution in [3.05, 3.63) is 12.2 Å². The lowest BCUT2D eigenvalue weighted by Crippen LogP contribution is -2.52. The van der Waals surface area contributed by atoms with Gasteiger partial charge in [-0.05, 0) is 66.5 Å². The van der Waals surface area contributed by atoms with E-state index in [4.69, 9.17) is 5.73 Å². The molecule has 0 heterocycles. The molecule has 6 heteroatoms. The summed E-state index contributed by atoms with van der Waals surface area (Å²) in [5, 5.41) is 8.76. The van der Waals surface area contributed by atoms with Crippen molar-refractivity contribution < 1.29 is 9.59 Å². The Balaban J connectivity index is 4.01. The number of hydrogen-bond donors (Lipinski definition) is 4. The Labute approximate surface area is 140 Å². The molecule has 23 heavy (non-hydrogen) atoms. The van der Waals surface area contributed by atoms with Crippen LogP contribution in [0.15, 0.2) is 12.2 Å². The van der Waals surface area contributed by atoms with E-state index in [9.17, 15) is 9.59 Å². The first-order chi connectivity index (χ1) is 10.8. The molecule has 2 atom stereocenters. The Kier molecular flexibility index (Phi) is 9.76. The highest BCUT2D eigenvalue weighted by atomic mass is 16.2. The quantitative estimate of drug-likeness (QED) is 0.319. The summed E-state index contributed by atoms with van der Waals surface area (Å²) in [5.41, 5.74) is 4.25. The van der Waals surface area contributed by atoms with Crippen molar-refractivity contribution in [2.75, 3.05) is 21.1 Å². The van der Waals surface area contributed by atoms with Gasteiger partial charge in [0.05, 0.1) is 11.1 Å². The van der Waals surface area contributed by atoms with Crippen molar-refractivity contribution in [2.45, 2.75) is 63.5 Å². The van der Waals surface area contributed by atoms with Crippen LogP contribution in [0.1, 0.15) is 52.4 Å². The Morgan fingerprint density at radius 1 is 0.913 bits per heavy atom. The van der Waals surface area contributed by atoms with Gasteiger partial charge in [0.25, 0.3) is 0 Å². The standard InChI is InChI=1S/C17H34N4O2/c1-16(20-4,14(18)22)12-10-8-6-7-9-11-13-17(2,21-5)15(23)19-3/h6-7,20-21H,8-13H2,1-5H3,(H2,18,22)(H,19,23)/b7-6+/t16-,17-/m0/s1. The van der Waals surface area contributed by atoms with Crippen molar-refractivity contribution in [1.82, 2.24) is 16.0 Å².